The zero-order valence-corrected chi connectivity index (χ0v) is 14.8. The molecule has 0 bridgehead atoms. The molecule has 1 aromatic heterocycles. The van der Waals surface area contributed by atoms with Crippen LogP contribution in [0.4, 0.5) is 0 Å². The van der Waals surface area contributed by atoms with E-state index >= 15 is 0 Å². The summed E-state index contributed by atoms with van der Waals surface area (Å²) in [4.78, 5) is 16.1. The molecule has 0 radical (unpaired) electrons. The SMILES string of the molecule is CCCCCCCCCCSc1nc(C)c(CC(=O)O)s1. The lowest BCUT2D eigenvalue weighted by atomic mass is 10.1. The van der Waals surface area contributed by atoms with Crippen LogP contribution >= 0.6 is 23.1 Å². The van der Waals surface area contributed by atoms with E-state index in [1.165, 1.54) is 62.7 Å². The van der Waals surface area contributed by atoms with Gasteiger partial charge in [-0.05, 0) is 13.3 Å². The summed E-state index contributed by atoms with van der Waals surface area (Å²) < 4.78 is 1.02. The van der Waals surface area contributed by atoms with Crippen molar-refractivity contribution in [3.63, 3.8) is 0 Å². The molecule has 1 N–H and O–H groups in total. The molecular weight excluding hydrogens is 302 g/mol. The summed E-state index contributed by atoms with van der Waals surface area (Å²) in [6.45, 7) is 4.15. The largest absolute Gasteiger partial charge is 0.481 e. The average molecular weight is 330 g/mol. The van der Waals surface area contributed by atoms with Crippen LogP contribution in [0, 0.1) is 6.92 Å². The van der Waals surface area contributed by atoms with E-state index in [1.54, 1.807) is 11.8 Å². The third-order valence-electron chi connectivity index (χ3n) is 3.41. The van der Waals surface area contributed by atoms with E-state index < -0.39 is 5.97 Å². The molecule has 0 aliphatic carbocycles. The third-order valence-corrected chi connectivity index (χ3v) is 5.79. The number of carboxylic acid groups (broad SMARTS) is 1. The van der Waals surface area contributed by atoms with Gasteiger partial charge in [0.05, 0.1) is 12.1 Å². The number of aliphatic carboxylic acids is 1. The van der Waals surface area contributed by atoms with Gasteiger partial charge in [-0.15, -0.1) is 11.3 Å². The Balaban J connectivity index is 2.09. The van der Waals surface area contributed by atoms with Gasteiger partial charge in [-0.2, -0.15) is 0 Å². The highest BCUT2D eigenvalue weighted by molar-refractivity contribution is 8.01. The molecule has 120 valence electrons. The lowest BCUT2D eigenvalue weighted by molar-refractivity contribution is -0.136. The fourth-order valence-corrected chi connectivity index (χ4v) is 4.45. The molecular formula is C16H27NO2S2. The maximum absolute atomic E-state index is 10.7. The van der Waals surface area contributed by atoms with Crippen LogP contribution in [-0.2, 0) is 11.2 Å². The zero-order chi connectivity index (χ0) is 15.5. The van der Waals surface area contributed by atoms with Crippen molar-refractivity contribution in [2.75, 3.05) is 5.75 Å². The lowest BCUT2D eigenvalue weighted by Gasteiger charge is -2.00. The highest BCUT2D eigenvalue weighted by Gasteiger charge is 2.10. The van der Waals surface area contributed by atoms with Gasteiger partial charge in [0.25, 0.3) is 0 Å². The van der Waals surface area contributed by atoms with Gasteiger partial charge in [0.2, 0.25) is 0 Å². The van der Waals surface area contributed by atoms with E-state index in [0.29, 0.717) is 0 Å². The Kier molecular flexibility index (Phi) is 9.76. The molecule has 0 spiro atoms. The van der Waals surface area contributed by atoms with Gasteiger partial charge in [0.1, 0.15) is 4.34 Å². The number of rotatable bonds is 12. The molecule has 3 nitrogen and oxygen atoms in total. The smallest absolute Gasteiger partial charge is 0.308 e. The van der Waals surface area contributed by atoms with E-state index in [2.05, 4.69) is 11.9 Å². The zero-order valence-electron chi connectivity index (χ0n) is 13.2. The fourth-order valence-electron chi connectivity index (χ4n) is 2.16. The van der Waals surface area contributed by atoms with Gasteiger partial charge in [-0.3, -0.25) is 4.79 Å². The second-order valence-corrected chi connectivity index (χ2v) is 7.81. The number of nitrogens with zero attached hydrogens (tertiary/aromatic N) is 1. The predicted molar refractivity (Wildman–Crippen MR) is 91.5 cm³/mol. The maximum Gasteiger partial charge on any atom is 0.308 e. The van der Waals surface area contributed by atoms with Crippen LogP contribution < -0.4 is 0 Å². The molecule has 0 unspecified atom stereocenters. The Morgan fingerprint density at radius 1 is 1.14 bits per heavy atom. The van der Waals surface area contributed by atoms with Crippen LogP contribution in [0.15, 0.2) is 4.34 Å². The first kappa shape index (κ1) is 18.5. The monoisotopic (exact) mass is 329 g/mol. The first-order valence-electron chi connectivity index (χ1n) is 7.94. The van der Waals surface area contributed by atoms with Gasteiger partial charge >= 0.3 is 5.97 Å². The van der Waals surface area contributed by atoms with Crippen LogP contribution in [0.25, 0.3) is 0 Å². The molecule has 0 atom stereocenters. The van der Waals surface area contributed by atoms with Crippen molar-refractivity contribution in [3.05, 3.63) is 10.6 Å². The summed E-state index contributed by atoms with van der Waals surface area (Å²) in [6, 6.07) is 0. The molecule has 0 fully saturated rings. The van der Waals surface area contributed by atoms with Crippen LogP contribution in [0.1, 0.15) is 68.9 Å². The minimum atomic E-state index is -0.777. The maximum atomic E-state index is 10.7. The second-order valence-electron chi connectivity index (χ2n) is 5.38. The summed E-state index contributed by atoms with van der Waals surface area (Å²) in [7, 11) is 0. The minimum absolute atomic E-state index is 0.0990. The highest BCUT2D eigenvalue weighted by Crippen LogP contribution is 2.28. The molecule has 5 heteroatoms. The summed E-state index contributed by atoms with van der Waals surface area (Å²) in [5.41, 5.74) is 0.876. The van der Waals surface area contributed by atoms with Crippen molar-refractivity contribution in [2.45, 2.75) is 76.0 Å². The number of unbranched alkanes of at least 4 members (excludes halogenated alkanes) is 7. The normalized spacial score (nSPS) is 11.0. The predicted octanol–water partition coefficient (Wildman–Crippen LogP) is 5.31. The average Bonchev–Trinajstić information content (AvgIpc) is 2.76. The quantitative estimate of drug-likeness (QED) is 0.417. The number of hydrogen-bond donors (Lipinski definition) is 1. The van der Waals surface area contributed by atoms with E-state index in [0.717, 1.165) is 20.7 Å². The van der Waals surface area contributed by atoms with E-state index in [9.17, 15) is 4.79 Å². The van der Waals surface area contributed by atoms with Gasteiger partial charge in [0, 0.05) is 10.6 Å². The minimum Gasteiger partial charge on any atom is -0.481 e. The Hall–Kier alpha value is -0.550. The topological polar surface area (TPSA) is 50.2 Å². The number of thiazole rings is 1. The van der Waals surface area contributed by atoms with Crippen molar-refractivity contribution < 1.29 is 9.90 Å². The number of hydrogen-bond acceptors (Lipinski definition) is 4. The van der Waals surface area contributed by atoms with Crippen molar-refractivity contribution >= 4 is 29.1 Å². The highest BCUT2D eigenvalue weighted by atomic mass is 32.2. The standard InChI is InChI=1S/C16H27NO2S2/c1-3-4-5-6-7-8-9-10-11-20-16-17-13(2)14(21-16)12-15(18)19/h3-12H2,1-2H3,(H,18,19). The molecule has 21 heavy (non-hydrogen) atoms. The van der Waals surface area contributed by atoms with Gasteiger partial charge in [-0.1, -0.05) is 63.6 Å². The molecule has 0 saturated carbocycles. The number of carbonyl (C=O) groups is 1. The molecule has 1 aromatic rings. The van der Waals surface area contributed by atoms with Crippen molar-refractivity contribution in [2.24, 2.45) is 0 Å². The number of thioether (sulfide) groups is 1. The molecule has 0 aromatic carbocycles. The summed E-state index contributed by atoms with van der Waals surface area (Å²) >= 11 is 3.31. The van der Waals surface area contributed by atoms with Crippen molar-refractivity contribution in [3.8, 4) is 0 Å². The van der Waals surface area contributed by atoms with Crippen LogP contribution in [-0.4, -0.2) is 21.8 Å². The van der Waals surface area contributed by atoms with Crippen molar-refractivity contribution in [1.82, 2.24) is 4.98 Å². The Morgan fingerprint density at radius 3 is 2.38 bits per heavy atom. The number of aryl methyl sites for hydroxylation is 1. The third kappa shape index (κ3) is 8.47. The summed E-state index contributed by atoms with van der Waals surface area (Å²) in [5, 5.41) is 8.82. The summed E-state index contributed by atoms with van der Waals surface area (Å²) in [5.74, 6) is 0.315. The number of aromatic nitrogens is 1. The Labute approximate surface area is 136 Å². The van der Waals surface area contributed by atoms with Crippen molar-refractivity contribution in [1.29, 1.82) is 0 Å². The summed E-state index contributed by atoms with van der Waals surface area (Å²) in [6.07, 6.45) is 10.8. The second kappa shape index (κ2) is 11.1. The first-order chi connectivity index (χ1) is 10.1. The van der Waals surface area contributed by atoms with Crippen LogP contribution in [0.5, 0.6) is 0 Å². The first-order valence-corrected chi connectivity index (χ1v) is 9.74. The van der Waals surface area contributed by atoms with Crippen LogP contribution in [0.3, 0.4) is 0 Å². The molecule has 0 saturated heterocycles. The molecule has 0 amide bonds. The van der Waals surface area contributed by atoms with Crippen LogP contribution in [0.2, 0.25) is 0 Å². The van der Waals surface area contributed by atoms with Gasteiger partial charge in [0.15, 0.2) is 0 Å². The Morgan fingerprint density at radius 2 is 1.76 bits per heavy atom. The lowest BCUT2D eigenvalue weighted by Crippen LogP contribution is -1.99. The van der Waals surface area contributed by atoms with Gasteiger partial charge in [-0.25, -0.2) is 4.98 Å². The van der Waals surface area contributed by atoms with E-state index in [-0.39, 0.29) is 6.42 Å². The Bertz CT molecular complexity index is 418. The van der Waals surface area contributed by atoms with E-state index in [1.807, 2.05) is 6.92 Å². The van der Waals surface area contributed by atoms with E-state index in [4.69, 9.17) is 5.11 Å². The molecule has 1 rings (SSSR count). The molecule has 0 aliphatic rings. The fraction of sp³-hybridized carbons (Fsp3) is 0.750. The molecule has 1 heterocycles. The number of carboxylic acids is 1. The molecule has 0 aliphatic heterocycles. The van der Waals surface area contributed by atoms with Gasteiger partial charge < -0.3 is 5.11 Å².